The number of urea groups is 1. The number of benzene rings is 2. The second-order valence-corrected chi connectivity index (χ2v) is 7.62. The van der Waals surface area contributed by atoms with Crippen LogP contribution in [0.4, 0.5) is 27.7 Å². The van der Waals surface area contributed by atoms with Gasteiger partial charge in [0.1, 0.15) is 16.6 Å². The molecule has 3 N–H and O–H groups in total. The molecular weight excluding hydrogens is 427 g/mol. The Kier molecular flexibility index (Phi) is 5.42. The fourth-order valence-electron chi connectivity index (χ4n) is 3.35. The lowest BCUT2D eigenvalue weighted by Crippen LogP contribution is -2.45. The molecular formula is C21H18Cl2N4O3. The average Bonchev–Trinajstić information content (AvgIpc) is 2.75. The Morgan fingerprint density at radius 1 is 1.20 bits per heavy atom. The minimum atomic E-state index is -0.337. The Balaban J connectivity index is 1.67. The molecule has 2 aromatic carbocycles. The molecule has 0 bridgehead atoms. The van der Waals surface area contributed by atoms with Gasteiger partial charge in [-0.25, -0.2) is 9.78 Å². The highest BCUT2D eigenvalue weighted by Gasteiger charge is 2.32. The number of aromatic nitrogens is 1. The fraction of sp³-hybridized carbons (Fsp3) is 0.143. The third-order valence-corrected chi connectivity index (χ3v) is 5.55. The van der Waals surface area contributed by atoms with E-state index in [1.54, 1.807) is 19.3 Å². The van der Waals surface area contributed by atoms with Gasteiger partial charge < -0.3 is 15.5 Å². The summed E-state index contributed by atoms with van der Waals surface area (Å²) < 4.78 is 0. The number of nitrogens with zero attached hydrogens (tertiary/aromatic N) is 3. The van der Waals surface area contributed by atoms with E-state index in [1.807, 2.05) is 24.3 Å². The molecule has 1 aliphatic heterocycles. The van der Waals surface area contributed by atoms with Crippen LogP contribution in [0.3, 0.4) is 0 Å². The molecule has 2 amide bonds. The zero-order valence-electron chi connectivity index (χ0n) is 15.9. The van der Waals surface area contributed by atoms with Crippen molar-refractivity contribution in [3.05, 3.63) is 69.8 Å². The van der Waals surface area contributed by atoms with Gasteiger partial charge in [0.05, 0.1) is 29.5 Å². The largest absolute Gasteiger partial charge is 0.506 e. The van der Waals surface area contributed by atoms with Crippen molar-refractivity contribution in [1.82, 2.24) is 4.98 Å². The maximum atomic E-state index is 13.0. The number of carbonyl (C=O) groups is 1. The normalized spacial score (nSPS) is 13.4. The number of amides is 2. The van der Waals surface area contributed by atoms with Crippen molar-refractivity contribution in [3.63, 3.8) is 0 Å². The third kappa shape index (κ3) is 3.63. The highest BCUT2D eigenvalue weighted by Crippen LogP contribution is 2.43. The molecule has 1 aromatic heterocycles. The average molecular weight is 445 g/mol. The third-order valence-electron chi connectivity index (χ3n) is 4.87. The lowest BCUT2D eigenvalue weighted by molar-refractivity contribution is 0.251. The maximum absolute atomic E-state index is 13.0. The van der Waals surface area contributed by atoms with E-state index in [0.29, 0.717) is 11.5 Å². The fourth-order valence-corrected chi connectivity index (χ4v) is 3.92. The van der Waals surface area contributed by atoms with Crippen LogP contribution in [0.15, 0.2) is 48.7 Å². The molecule has 3 aromatic rings. The van der Waals surface area contributed by atoms with Crippen molar-refractivity contribution < 1.29 is 15.0 Å². The van der Waals surface area contributed by atoms with Crippen LogP contribution in [0, 0.1) is 0 Å². The molecule has 0 radical (unpaired) electrons. The van der Waals surface area contributed by atoms with E-state index in [-0.39, 0.29) is 40.7 Å². The van der Waals surface area contributed by atoms with Crippen LogP contribution < -0.4 is 15.1 Å². The van der Waals surface area contributed by atoms with Crippen LogP contribution in [0.25, 0.3) is 0 Å². The van der Waals surface area contributed by atoms with Crippen molar-refractivity contribution >= 4 is 52.1 Å². The summed E-state index contributed by atoms with van der Waals surface area (Å²) in [5.74, 6) is 0.408. The SMILES string of the molecule is CN1C(=O)N(c2c(Cl)ccc(O)c2Cl)Cc2cnc(Nc3cccc(CO)c3)cc21. The molecule has 30 heavy (non-hydrogen) atoms. The predicted octanol–water partition coefficient (Wildman–Crippen LogP) is 4.91. The number of phenolic OH excluding ortho intramolecular Hbond substituents is 1. The number of carbonyl (C=O) groups excluding carboxylic acids is 1. The molecule has 4 rings (SSSR count). The van der Waals surface area contributed by atoms with Crippen molar-refractivity contribution in [2.45, 2.75) is 13.2 Å². The van der Waals surface area contributed by atoms with Crippen molar-refractivity contribution in [1.29, 1.82) is 0 Å². The molecule has 1 aliphatic rings. The zero-order chi connectivity index (χ0) is 21.4. The molecule has 7 nitrogen and oxygen atoms in total. The summed E-state index contributed by atoms with van der Waals surface area (Å²) in [7, 11) is 1.65. The number of nitrogens with one attached hydrogen (secondary N) is 1. The number of hydrogen-bond acceptors (Lipinski definition) is 5. The Morgan fingerprint density at radius 2 is 2.00 bits per heavy atom. The molecule has 9 heteroatoms. The van der Waals surface area contributed by atoms with E-state index in [2.05, 4.69) is 10.3 Å². The summed E-state index contributed by atoms with van der Waals surface area (Å²) in [6.45, 7) is 0.148. The Morgan fingerprint density at radius 3 is 2.77 bits per heavy atom. The maximum Gasteiger partial charge on any atom is 0.329 e. The van der Waals surface area contributed by atoms with Crippen molar-refractivity contribution in [3.8, 4) is 5.75 Å². The molecule has 0 unspecified atom stereocenters. The number of aromatic hydroxyl groups is 1. The second kappa shape index (κ2) is 8.02. The summed E-state index contributed by atoms with van der Waals surface area (Å²) in [6.07, 6.45) is 1.67. The number of rotatable bonds is 4. The van der Waals surface area contributed by atoms with Crippen LogP contribution in [0.1, 0.15) is 11.1 Å². The Hall–Kier alpha value is -3.00. The van der Waals surface area contributed by atoms with Gasteiger partial charge >= 0.3 is 6.03 Å². The van der Waals surface area contributed by atoms with Crippen molar-refractivity contribution in [2.24, 2.45) is 0 Å². The highest BCUT2D eigenvalue weighted by molar-refractivity contribution is 6.41. The molecule has 2 heterocycles. The minimum Gasteiger partial charge on any atom is -0.506 e. The predicted molar refractivity (Wildman–Crippen MR) is 118 cm³/mol. The van der Waals surface area contributed by atoms with E-state index < -0.39 is 0 Å². The number of pyridine rings is 1. The molecule has 0 saturated heterocycles. The molecule has 0 spiro atoms. The number of aliphatic hydroxyl groups is 1. The first-order chi connectivity index (χ1) is 14.4. The standard InChI is InChI=1S/C21H18Cl2N4O3/c1-26-16-8-18(25-14-4-2-3-12(7-14)11-28)24-9-13(16)10-27(21(26)30)20-15(22)5-6-17(29)19(20)23/h2-9,28-29H,10-11H2,1H3,(H,24,25). The van der Waals surface area contributed by atoms with Crippen LogP contribution in [0.5, 0.6) is 5.75 Å². The first kappa shape index (κ1) is 20.3. The van der Waals surface area contributed by atoms with Crippen LogP contribution in [-0.4, -0.2) is 28.3 Å². The molecule has 0 fully saturated rings. The molecule has 0 saturated carbocycles. The Bertz CT molecular complexity index is 1140. The summed E-state index contributed by atoms with van der Waals surface area (Å²) in [4.78, 5) is 20.4. The molecule has 0 aliphatic carbocycles. The van der Waals surface area contributed by atoms with Crippen LogP contribution >= 0.6 is 23.2 Å². The number of phenols is 1. The van der Waals surface area contributed by atoms with E-state index in [0.717, 1.165) is 16.8 Å². The van der Waals surface area contributed by atoms with Gasteiger partial charge in [-0.2, -0.15) is 0 Å². The van der Waals surface area contributed by atoms with E-state index >= 15 is 0 Å². The summed E-state index contributed by atoms with van der Waals surface area (Å²) >= 11 is 12.5. The van der Waals surface area contributed by atoms with Crippen molar-refractivity contribution in [2.75, 3.05) is 22.2 Å². The number of fused-ring (bicyclic) bond motifs is 1. The summed E-state index contributed by atoms with van der Waals surface area (Å²) in [5, 5.41) is 22.7. The van der Waals surface area contributed by atoms with Gasteiger partial charge in [0.15, 0.2) is 0 Å². The monoisotopic (exact) mass is 444 g/mol. The van der Waals surface area contributed by atoms with Gasteiger partial charge in [-0.15, -0.1) is 0 Å². The highest BCUT2D eigenvalue weighted by atomic mass is 35.5. The topological polar surface area (TPSA) is 88.9 Å². The van der Waals surface area contributed by atoms with Crippen LogP contribution in [-0.2, 0) is 13.2 Å². The van der Waals surface area contributed by atoms with Crippen LogP contribution in [0.2, 0.25) is 10.0 Å². The lowest BCUT2D eigenvalue weighted by Gasteiger charge is -2.35. The van der Waals surface area contributed by atoms with Gasteiger partial charge in [-0.1, -0.05) is 35.3 Å². The first-order valence-corrected chi connectivity index (χ1v) is 9.82. The van der Waals surface area contributed by atoms with Gasteiger partial charge in [-0.05, 0) is 29.8 Å². The molecule has 0 atom stereocenters. The summed E-state index contributed by atoms with van der Waals surface area (Å²) in [6, 6.07) is 11.7. The smallest absolute Gasteiger partial charge is 0.329 e. The number of aliphatic hydroxyl groups excluding tert-OH is 1. The van der Waals surface area contributed by atoms with Gasteiger partial charge in [0.2, 0.25) is 0 Å². The van der Waals surface area contributed by atoms with Gasteiger partial charge in [-0.3, -0.25) is 9.80 Å². The Labute approximate surface area is 183 Å². The quantitative estimate of drug-likeness (QED) is 0.531. The zero-order valence-corrected chi connectivity index (χ0v) is 17.4. The number of halogens is 2. The number of hydrogen-bond donors (Lipinski definition) is 3. The second-order valence-electron chi connectivity index (χ2n) is 6.84. The lowest BCUT2D eigenvalue weighted by atomic mass is 10.1. The molecule has 154 valence electrons. The van der Waals surface area contributed by atoms with Gasteiger partial charge in [0, 0.05) is 30.6 Å². The minimum absolute atomic E-state index is 0.0164. The first-order valence-electron chi connectivity index (χ1n) is 9.07. The van der Waals surface area contributed by atoms with E-state index in [1.165, 1.54) is 21.9 Å². The van der Waals surface area contributed by atoms with E-state index in [4.69, 9.17) is 23.2 Å². The van der Waals surface area contributed by atoms with Gasteiger partial charge in [0.25, 0.3) is 0 Å². The number of anilines is 4. The summed E-state index contributed by atoms with van der Waals surface area (Å²) in [5.41, 5.74) is 3.30. The van der Waals surface area contributed by atoms with E-state index in [9.17, 15) is 15.0 Å².